The molecule has 3 nitrogen and oxygen atoms in total. The SMILES string of the molecule is CC(NCC1CCOC1)c1ccc2c(c1)CCO2. The summed E-state index contributed by atoms with van der Waals surface area (Å²) in [5, 5.41) is 3.61. The zero-order valence-corrected chi connectivity index (χ0v) is 10.9. The monoisotopic (exact) mass is 247 g/mol. The molecule has 18 heavy (non-hydrogen) atoms. The summed E-state index contributed by atoms with van der Waals surface area (Å²) in [4.78, 5) is 0. The molecule has 0 bridgehead atoms. The number of benzene rings is 1. The molecule has 1 aromatic carbocycles. The van der Waals surface area contributed by atoms with Crippen molar-refractivity contribution in [3.05, 3.63) is 29.3 Å². The smallest absolute Gasteiger partial charge is 0.122 e. The molecule has 0 radical (unpaired) electrons. The fraction of sp³-hybridized carbons (Fsp3) is 0.600. The van der Waals surface area contributed by atoms with Crippen molar-refractivity contribution in [2.45, 2.75) is 25.8 Å². The van der Waals surface area contributed by atoms with Crippen LogP contribution in [0.25, 0.3) is 0 Å². The first-order valence-corrected chi connectivity index (χ1v) is 6.89. The molecule has 3 rings (SSSR count). The lowest BCUT2D eigenvalue weighted by Gasteiger charge is -2.17. The summed E-state index contributed by atoms with van der Waals surface area (Å²) in [7, 11) is 0. The van der Waals surface area contributed by atoms with Gasteiger partial charge in [0.2, 0.25) is 0 Å². The Bertz CT molecular complexity index is 413. The van der Waals surface area contributed by atoms with Gasteiger partial charge in [-0.2, -0.15) is 0 Å². The van der Waals surface area contributed by atoms with Gasteiger partial charge in [-0.15, -0.1) is 0 Å². The highest BCUT2D eigenvalue weighted by Gasteiger charge is 2.18. The fourth-order valence-electron chi connectivity index (χ4n) is 2.68. The summed E-state index contributed by atoms with van der Waals surface area (Å²) in [6.07, 6.45) is 2.24. The molecule has 2 heterocycles. The van der Waals surface area contributed by atoms with Gasteiger partial charge in [-0.05, 0) is 36.5 Å². The third-order valence-corrected chi connectivity index (χ3v) is 3.95. The van der Waals surface area contributed by atoms with Crippen LogP contribution < -0.4 is 10.1 Å². The van der Waals surface area contributed by atoms with Gasteiger partial charge in [0, 0.05) is 25.6 Å². The average molecular weight is 247 g/mol. The molecule has 0 aromatic heterocycles. The summed E-state index contributed by atoms with van der Waals surface area (Å²) in [5.74, 6) is 1.75. The van der Waals surface area contributed by atoms with Crippen molar-refractivity contribution in [1.29, 1.82) is 0 Å². The molecule has 2 atom stereocenters. The van der Waals surface area contributed by atoms with Crippen LogP contribution in [0.1, 0.15) is 30.5 Å². The lowest BCUT2D eigenvalue weighted by atomic mass is 10.0. The lowest BCUT2D eigenvalue weighted by molar-refractivity contribution is 0.184. The van der Waals surface area contributed by atoms with Gasteiger partial charge in [-0.3, -0.25) is 0 Å². The van der Waals surface area contributed by atoms with E-state index in [1.165, 1.54) is 17.5 Å². The van der Waals surface area contributed by atoms with E-state index < -0.39 is 0 Å². The number of rotatable bonds is 4. The first-order chi connectivity index (χ1) is 8.83. The Hall–Kier alpha value is -1.06. The Morgan fingerprint density at radius 3 is 3.17 bits per heavy atom. The van der Waals surface area contributed by atoms with Gasteiger partial charge in [-0.1, -0.05) is 12.1 Å². The quantitative estimate of drug-likeness (QED) is 0.885. The van der Waals surface area contributed by atoms with E-state index in [0.29, 0.717) is 12.0 Å². The summed E-state index contributed by atoms with van der Waals surface area (Å²) in [6.45, 7) is 5.96. The number of hydrogen-bond acceptors (Lipinski definition) is 3. The van der Waals surface area contributed by atoms with E-state index in [-0.39, 0.29) is 0 Å². The van der Waals surface area contributed by atoms with Crippen LogP contribution in [0.4, 0.5) is 0 Å². The van der Waals surface area contributed by atoms with Crippen LogP contribution in [0.3, 0.4) is 0 Å². The van der Waals surface area contributed by atoms with E-state index in [4.69, 9.17) is 9.47 Å². The molecule has 2 aliphatic rings. The van der Waals surface area contributed by atoms with Gasteiger partial charge in [0.15, 0.2) is 0 Å². The number of ether oxygens (including phenoxy) is 2. The first-order valence-electron chi connectivity index (χ1n) is 6.89. The van der Waals surface area contributed by atoms with Crippen LogP contribution in [-0.4, -0.2) is 26.4 Å². The van der Waals surface area contributed by atoms with Crippen molar-refractivity contribution in [1.82, 2.24) is 5.32 Å². The van der Waals surface area contributed by atoms with E-state index in [0.717, 1.165) is 38.5 Å². The Morgan fingerprint density at radius 2 is 2.33 bits per heavy atom. The van der Waals surface area contributed by atoms with Crippen molar-refractivity contribution in [2.24, 2.45) is 5.92 Å². The summed E-state index contributed by atoms with van der Waals surface area (Å²) >= 11 is 0. The molecule has 1 aromatic rings. The van der Waals surface area contributed by atoms with Crippen molar-refractivity contribution >= 4 is 0 Å². The highest BCUT2D eigenvalue weighted by atomic mass is 16.5. The number of fused-ring (bicyclic) bond motifs is 1. The molecule has 2 unspecified atom stereocenters. The van der Waals surface area contributed by atoms with Gasteiger partial charge >= 0.3 is 0 Å². The van der Waals surface area contributed by atoms with E-state index in [1.807, 2.05) is 0 Å². The van der Waals surface area contributed by atoms with Gasteiger partial charge in [0.05, 0.1) is 13.2 Å². The molecule has 2 aliphatic heterocycles. The second kappa shape index (κ2) is 5.29. The zero-order valence-electron chi connectivity index (χ0n) is 10.9. The predicted octanol–water partition coefficient (Wildman–Crippen LogP) is 2.31. The minimum atomic E-state index is 0.400. The highest BCUT2D eigenvalue weighted by molar-refractivity contribution is 5.40. The minimum absolute atomic E-state index is 0.400. The molecule has 0 saturated carbocycles. The molecular formula is C15H21NO2. The van der Waals surface area contributed by atoms with Crippen LogP contribution >= 0.6 is 0 Å². The van der Waals surface area contributed by atoms with Crippen LogP contribution in [0.15, 0.2) is 18.2 Å². The Kier molecular flexibility index (Phi) is 3.52. The number of nitrogens with one attached hydrogen (secondary N) is 1. The Labute approximate surface area is 108 Å². The molecule has 1 fully saturated rings. The standard InChI is InChI=1S/C15H21NO2/c1-11(16-9-12-4-6-17-10-12)13-2-3-15-14(8-13)5-7-18-15/h2-3,8,11-12,16H,4-7,9-10H2,1H3. The maximum Gasteiger partial charge on any atom is 0.122 e. The lowest BCUT2D eigenvalue weighted by Crippen LogP contribution is -2.26. The van der Waals surface area contributed by atoms with Crippen LogP contribution in [0, 0.1) is 5.92 Å². The molecule has 1 N–H and O–H groups in total. The van der Waals surface area contributed by atoms with Crippen molar-refractivity contribution in [3.8, 4) is 5.75 Å². The average Bonchev–Trinajstić information content (AvgIpc) is 3.05. The predicted molar refractivity (Wildman–Crippen MR) is 71.0 cm³/mol. The maximum atomic E-state index is 5.54. The molecule has 1 saturated heterocycles. The molecule has 0 spiro atoms. The minimum Gasteiger partial charge on any atom is -0.493 e. The molecule has 3 heteroatoms. The Morgan fingerprint density at radius 1 is 1.39 bits per heavy atom. The third kappa shape index (κ3) is 2.52. The molecular weight excluding hydrogens is 226 g/mol. The van der Waals surface area contributed by atoms with Crippen molar-refractivity contribution < 1.29 is 9.47 Å². The van der Waals surface area contributed by atoms with Gasteiger partial charge in [0.1, 0.15) is 5.75 Å². The van der Waals surface area contributed by atoms with Gasteiger partial charge in [0.25, 0.3) is 0 Å². The maximum absolute atomic E-state index is 5.54. The van der Waals surface area contributed by atoms with E-state index >= 15 is 0 Å². The molecule has 98 valence electrons. The highest BCUT2D eigenvalue weighted by Crippen LogP contribution is 2.28. The second-order valence-electron chi connectivity index (χ2n) is 5.33. The topological polar surface area (TPSA) is 30.5 Å². The van der Waals surface area contributed by atoms with E-state index in [9.17, 15) is 0 Å². The number of hydrogen-bond donors (Lipinski definition) is 1. The first kappa shape index (κ1) is 12.0. The van der Waals surface area contributed by atoms with Crippen molar-refractivity contribution in [2.75, 3.05) is 26.4 Å². The van der Waals surface area contributed by atoms with Gasteiger partial charge in [-0.25, -0.2) is 0 Å². The molecule has 0 amide bonds. The van der Waals surface area contributed by atoms with Crippen LogP contribution in [-0.2, 0) is 11.2 Å². The second-order valence-corrected chi connectivity index (χ2v) is 5.33. The van der Waals surface area contributed by atoms with Crippen LogP contribution in [0.5, 0.6) is 5.75 Å². The molecule has 0 aliphatic carbocycles. The van der Waals surface area contributed by atoms with Crippen molar-refractivity contribution in [3.63, 3.8) is 0 Å². The summed E-state index contributed by atoms with van der Waals surface area (Å²) < 4.78 is 10.9. The summed E-state index contributed by atoms with van der Waals surface area (Å²) in [6, 6.07) is 6.96. The van der Waals surface area contributed by atoms with Crippen LogP contribution in [0.2, 0.25) is 0 Å². The summed E-state index contributed by atoms with van der Waals surface area (Å²) in [5.41, 5.74) is 2.71. The normalized spacial score (nSPS) is 23.7. The third-order valence-electron chi connectivity index (χ3n) is 3.95. The fourth-order valence-corrected chi connectivity index (χ4v) is 2.68. The van der Waals surface area contributed by atoms with E-state index in [1.54, 1.807) is 0 Å². The van der Waals surface area contributed by atoms with Gasteiger partial charge < -0.3 is 14.8 Å². The van der Waals surface area contributed by atoms with E-state index in [2.05, 4.69) is 30.4 Å². The Balaban J connectivity index is 1.59. The largest absolute Gasteiger partial charge is 0.493 e. The zero-order chi connectivity index (χ0) is 12.4.